The summed E-state index contributed by atoms with van der Waals surface area (Å²) in [6, 6.07) is 7.09. The van der Waals surface area contributed by atoms with Crippen LogP contribution in [0.5, 0.6) is 5.75 Å². The Hall–Kier alpha value is -2.45. The number of carbonyl (C=O) groups is 1. The first-order chi connectivity index (χ1) is 12.2. The number of rotatable bonds is 7. The molecule has 1 fully saturated rings. The number of aliphatic hydroxyl groups excluding tert-OH is 1. The van der Waals surface area contributed by atoms with E-state index in [9.17, 15) is 4.79 Å². The predicted octanol–water partition coefficient (Wildman–Crippen LogP) is 0.513. The molecule has 2 N–H and O–H groups in total. The van der Waals surface area contributed by atoms with Crippen LogP contribution in [0.4, 0.5) is 0 Å². The van der Waals surface area contributed by atoms with E-state index in [-0.39, 0.29) is 24.7 Å². The zero-order valence-electron chi connectivity index (χ0n) is 13.9. The molecule has 1 amide bonds. The van der Waals surface area contributed by atoms with Gasteiger partial charge in [0.2, 0.25) is 5.91 Å². The second-order valence-electron chi connectivity index (χ2n) is 5.90. The Bertz CT molecular complexity index is 660. The molecule has 0 spiro atoms. The van der Waals surface area contributed by atoms with Crippen molar-refractivity contribution in [1.29, 1.82) is 0 Å². The Labute approximate surface area is 145 Å². The van der Waals surface area contributed by atoms with Gasteiger partial charge in [0, 0.05) is 12.8 Å². The molecule has 0 bridgehead atoms. The van der Waals surface area contributed by atoms with Gasteiger partial charge in [-0.3, -0.25) is 9.48 Å². The topological polar surface area (TPSA) is 98.5 Å². The van der Waals surface area contributed by atoms with Crippen LogP contribution in [0.1, 0.15) is 18.4 Å². The predicted molar refractivity (Wildman–Crippen MR) is 88.8 cm³/mol. The number of aryl methyl sites for hydroxylation is 1. The highest BCUT2D eigenvalue weighted by Gasteiger charge is 2.28. The number of hydrogen-bond donors (Lipinski definition) is 2. The van der Waals surface area contributed by atoms with Crippen LogP contribution < -0.4 is 10.1 Å². The number of benzene rings is 1. The van der Waals surface area contributed by atoms with Gasteiger partial charge in [-0.25, -0.2) is 4.98 Å². The number of carbonyl (C=O) groups excluding carboxylic acids is 1. The van der Waals surface area contributed by atoms with Crippen molar-refractivity contribution in [2.45, 2.75) is 38.1 Å². The van der Waals surface area contributed by atoms with Gasteiger partial charge in [-0.05, 0) is 17.7 Å². The lowest BCUT2D eigenvalue weighted by Crippen LogP contribution is -2.51. The van der Waals surface area contributed by atoms with E-state index in [4.69, 9.17) is 14.6 Å². The average Bonchev–Trinajstić information content (AvgIpc) is 3.16. The quantitative estimate of drug-likeness (QED) is 0.758. The zero-order valence-corrected chi connectivity index (χ0v) is 13.9. The molecule has 2 atom stereocenters. The molecule has 2 heterocycles. The first-order valence-corrected chi connectivity index (χ1v) is 8.30. The highest BCUT2D eigenvalue weighted by atomic mass is 16.5. The second kappa shape index (κ2) is 8.59. The average molecular weight is 346 g/mol. The van der Waals surface area contributed by atoms with Gasteiger partial charge >= 0.3 is 0 Å². The maximum Gasteiger partial charge on any atom is 0.222 e. The van der Waals surface area contributed by atoms with Crippen LogP contribution in [-0.2, 0) is 22.7 Å². The summed E-state index contributed by atoms with van der Waals surface area (Å²) >= 11 is 0. The molecular weight excluding hydrogens is 324 g/mol. The van der Waals surface area contributed by atoms with Gasteiger partial charge in [0.05, 0.1) is 32.4 Å². The number of nitrogens with one attached hydrogen (secondary N) is 1. The molecule has 1 aliphatic rings. The second-order valence-corrected chi connectivity index (χ2v) is 5.90. The summed E-state index contributed by atoms with van der Waals surface area (Å²) in [5, 5.41) is 16.1. The third-order valence-corrected chi connectivity index (χ3v) is 4.07. The molecule has 1 aromatic carbocycles. The van der Waals surface area contributed by atoms with Crippen LogP contribution in [0.2, 0.25) is 0 Å². The van der Waals surface area contributed by atoms with Crippen LogP contribution in [-0.4, -0.2) is 51.1 Å². The van der Waals surface area contributed by atoms with Crippen molar-refractivity contribution in [2.75, 3.05) is 13.2 Å². The monoisotopic (exact) mass is 346 g/mol. The van der Waals surface area contributed by atoms with Crippen molar-refractivity contribution < 1.29 is 19.4 Å². The van der Waals surface area contributed by atoms with Gasteiger partial charge in [-0.2, -0.15) is 5.10 Å². The largest absolute Gasteiger partial charge is 0.488 e. The lowest BCUT2D eigenvalue weighted by Gasteiger charge is -2.32. The molecule has 0 unspecified atom stereocenters. The fourth-order valence-corrected chi connectivity index (χ4v) is 2.69. The van der Waals surface area contributed by atoms with Crippen molar-refractivity contribution in [2.24, 2.45) is 0 Å². The first-order valence-electron chi connectivity index (χ1n) is 8.30. The molecule has 25 heavy (non-hydrogen) atoms. The van der Waals surface area contributed by atoms with Gasteiger partial charge in [0.25, 0.3) is 0 Å². The third kappa shape index (κ3) is 5.01. The summed E-state index contributed by atoms with van der Waals surface area (Å²) in [6.07, 6.45) is 3.90. The Morgan fingerprint density at radius 3 is 2.96 bits per heavy atom. The Morgan fingerprint density at radius 2 is 2.24 bits per heavy atom. The summed E-state index contributed by atoms with van der Waals surface area (Å²) in [6.45, 7) is 1.51. The van der Waals surface area contributed by atoms with E-state index in [2.05, 4.69) is 15.4 Å². The van der Waals surface area contributed by atoms with Gasteiger partial charge in [0.15, 0.2) is 0 Å². The molecule has 2 aromatic rings. The van der Waals surface area contributed by atoms with E-state index in [1.54, 1.807) is 11.0 Å². The van der Waals surface area contributed by atoms with Gasteiger partial charge < -0.3 is 19.9 Å². The Morgan fingerprint density at radius 1 is 1.40 bits per heavy atom. The maximum atomic E-state index is 12.2. The van der Waals surface area contributed by atoms with Crippen LogP contribution in [0.3, 0.4) is 0 Å². The molecule has 0 aliphatic carbocycles. The van der Waals surface area contributed by atoms with E-state index in [0.717, 1.165) is 5.56 Å². The SMILES string of the molecule is O=C(CCn1cncn1)N[C@@H]1COCC[C@H]1Oc1ccc(CO)cc1. The highest BCUT2D eigenvalue weighted by molar-refractivity contribution is 5.76. The van der Waals surface area contributed by atoms with Crippen molar-refractivity contribution in [1.82, 2.24) is 20.1 Å². The maximum absolute atomic E-state index is 12.2. The molecule has 0 radical (unpaired) electrons. The molecule has 8 nitrogen and oxygen atoms in total. The summed E-state index contributed by atoms with van der Waals surface area (Å²) in [5.74, 6) is 0.640. The van der Waals surface area contributed by atoms with Crippen molar-refractivity contribution >= 4 is 5.91 Å². The molecular formula is C17H22N4O4. The summed E-state index contributed by atoms with van der Waals surface area (Å²) in [7, 11) is 0. The van der Waals surface area contributed by atoms with E-state index >= 15 is 0 Å². The number of aliphatic hydroxyl groups is 1. The molecule has 8 heteroatoms. The lowest BCUT2D eigenvalue weighted by molar-refractivity contribution is -0.124. The van der Waals surface area contributed by atoms with Crippen LogP contribution in [0, 0.1) is 0 Å². The van der Waals surface area contributed by atoms with Crippen molar-refractivity contribution in [3.05, 3.63) is 42.5 Å². The number of ether oxygens (including phenoxy) is 2. The summed E-state index contributed by atoms with van der Waals surface area (Å²) in [5.41, 5.74) is 0.831. The molecule has 1 saturated heterocycles. The minimum Gasteiger partial charge on any atom is -0.488 e. The van der Waals surface area contributed by atoms with Crippen LogP contribution in [0.15, 0.2) is 36.9 Å². The minimum atomic E-state index is -0.200. The number of nitrogens with zero attached hydrogens (tertiary/aromatic N) is 3. The Kier molecular flexibility index (Phi) is 5.97. The smallest absolute Gasteiger partial charge is 0.222 e. The molecule has 1 aliphatic heterocycles. The zero-order chi connectivity index (χ0) is 17.5. The van der Waals surface area contributed by atoms with E-state index < -0.39 is 0 Å². The van der Waals surface area contributed by atoms with E-state index in [0.29, 0.717) is 38.3 Å². The minimum absolute atomic E-state index is 0.00199. The number of hydrogen-bond acceptors (Lipinski definition) is 6. The van der Waals surface area contributed by atoms with E-state index in [1.807, 2.05) is 24.3 Å². The molecule has 3 rings (SSSR count). The van der Waals surface area contributed by atoms with Crippen LogP contribution >= 0.6 is 0 Å². The first kappa shape index (κ1) is 17.4. The van der Waals surface area contributed by atoms with Gasteiger partial charge in [-0.1, -0.05) is 12.1 Å². The fourth-order valence-electron chi connectivity index (χ4n) is 2.69. The molecule has 0 saturated carbocycles. The number of aromatic nitrogens is 3. The normalized spacial score (nSPS) is 20.2. The van der Waals surface area contributed by atoms with E-state index in [1.165, 1.54) is 6.33 Å². The third-order valence-electron chi connectivity index (χ3n) is 4.07. The number of amides is 1. The molecule has 1 aromatic heterocycles. The summed E-state index contributed by atoms with van der Waals surface area (Å²) in [4.78, 5) is 16.0. The van der Waals surface area contributed by atoms with Crippen molar-refractivity contribution in [3.63, 3.8) is 0 Å². The van der Waals surface area contributed by atoms with Gasteiger partial charge in [-0.15, -0.1) is 0 Å². The fraction of sp³-hybridized carbons (Fsp3) is 0.471. The standard InChI is InChI=1S/C17H22N4O4/c22-9-13-1-3-14(4-2-13)25-16-6-8-24-10-15(16)20-17(23)5-7-21-12-18-11-19-21/h1-4,11-12,15-16,22H,5-10H2,(H,20,23)/t15-,16-/m1/s1. The molecule has 134 valence electrons. The van der Waals surface area contributed by atoms with Gasteiger partial charge in [0.1, 0.15) is 24.5 Å². The van der Waals surface area contributed by atoms with Crippen molar-refractivity contribution in [3.8, 4) is 5.75 Å². The Balaban J connectivity index is 1.53. The summed E-state index contributed by atoms with van der Waals surface area (Å²) < 4.78 is 13.1. The highest BCUT2D eigenvalue weighted by Crippen LogP contribution is 2.19. The van der Waals surface area contributed by atoms with Crippen LogP contribution in [0.25, 0.3) is 0 Å². The lowest BCUT2D eigenvalue weighted by atomic mass is 10.1.